The highest BCUT2D eigenvalue weighted by molar-refractivity contribution is 8.18. The summed E-state index contributed by atoms with van der Waals surface area (Å²) >= 11 is 0.814. The van der Waals surface area contributed by atoms with Crippen molar-refractivity contribution >= 4 is 40.6 Å². The number of ether oxygens (including phenoxy) is 1. The molecule has 35 heavy (non-hydrogen) atoms. The van der Waals surface area contributed by atoms with Crippen molar-refractivity contribution in [3.05, 3.63) is 81.1 Å². The van der Waals surface area contributed by atoms with E-state index in [-0.39, 0.29) is 29.1 Å². The van der Waals surface area contributed by atoms with Crippen molar-refractivity contribution in [2.75, 3.05) is 19.0 Å². The third-order valence-electron chi connectivity index (χ3n) is 5.68. The van der Waals surface area contributed by atoms with Gasteiger partial charge in [0.2, 0.25) is 5.91 Å². The normalized spacial score (nSPS) is 14.6. The Hall–Kier alpha value is -4.05. The van der Waals surface area contributed by atoms with Crippen LogP contribution in [0.15, 0.2) is 64.3 Å². The lowest BCUT2D eigenvalue weighted by molar-refractivity contribution is -0.123. The summed E-state index contributed by atoms with van der Waals surface area (Å²) in [6, 6.07) is 16.2. The van der Waals surface area contributed by atoms with E-state index in [0.29, 0.717) is 22.7 Å². The number of nitrogens with zero attached hydrogens (tertiary/aromatic N) is 3. The van der Waals surface area contributed by atoms with Crippen LogP contribution in [0.3, 0.4) is 0 Å². The van der Waals surface area contributed by atoms with Crippen molar-refractivity contribution in [1.29, 1.82) is 0 Å². The molecule has 1 fully saturated rings. The molecule has 0 unspecified atom stereocenters. The van der Waals surface area contributed by atoms with E-state index in [2.05, 4.69) is 5.32 Å². The molecule has 1 aromatic heterocycles. The molecule has 2 aromatic carbocycles. The minimum absolute atomic E-state index is 0.0987. The molecule has 2 heterocycles. The molecule has 0 aliphatic carbocycles. The minimum atomic E-state index is -0.471. The van der Waals surface area contributed by atoms with Gasteiger partial charge < -0.3 is 10.1 Å². The lowest BCUT2D eigenvalue weighted by atomic mass is 10.2. The maximum atomic E-state index is 13.0. The van der Waals surface area contributed by atoms with Crippen LogP contribution in [0.2, 0.25) is 0 Å². The van der Waals surface area contributed by atoms with Gasteiger partial charge >= 0.3 is 0 Å². The third kappa shape index (κ3) is 4.78. The number of aromatic nitrogens is 2. The zero-order valence-electron chi connectivity index (χ0n) is 19.5. The Kier molecular flexibility index (Phi) is 6.92. The van der Waals surface area contributed by atoms with Crippen molar-refractivity contribution in [3.63, 3.8) is 0 Å². The third-order valence-corrected chi connectivity index (χ3v) is 6.59. The average molecular weight is 493 g/mol. The number of thioether (sulfide) groups is 1. The van der Waals surface area contributed by atoms with Gasteiger partial charge in [-0.3, -0.25) is 28.8 Å². The van der Waals surface area contributed by atoms with Crippen LogP contribution >= 0.6 is 11.8 Å². The number of carbonyl (C=O) groups is 3. The monoisotopic (exact) mass is 492 g/mol. The number of carbonyl (C=O) groups excluding carboxylic acids is 3. The summed E-state index contributed by atoms with van der Waals surface area (Å²) in [6.07, 6.45) is 1.46. The lowest BCUT2D eigenvalue weighted by Crippen LogP contribution is -2.32. The predicted molar refractivity (Wildman–Crippen MR) is 135 cm³/mol. The van der Waals surface area contributed by atoms with E-state index < -0.39 is 17.1 Å². The molecule has 3 amide bonds. The van der Waals surface area contributed by atoms with Gasteiger partial charge in [0.1, 0.15) is 11.4 Å². The number of rotatable bonds is 7. The van der Waals surface area contributed by atoms with E-state index in [1.165, 1.54) is 11.8 Å². The van der Waals surface area contributed by atoms with Crippen molar-refractivity contribution in [2.24, 2.45) is 7.05 Å². The molecule has 10 heteroatoms. The summed E-state index contributed by atoms with van der Waals surface area (Å²) in [6.45, 7) is 1.63. The number of methoxy groups -OCH3 is 1. The average Bonchev–Trinajstić information content (AvgIpc) is 3.24. The maximum absolute atomic E-state index is 13.0. The Morgan fingerprint density at radius 1 is 1.06 bits per heavy atom. The molecular formula is C25H24N4O5S. The number of imide groups is 1. The molecule has 1 aliphatic heterocycles. The second-order valence-electron chi connectivity index (χ2n) is 7.81. The molecule has 1 N–H and O–H groups in total. The number of para-hydroxylation sites is 2. The number of nitrogens with one attached hydrogen (secondary N) is 1. The molecule has 0 atom stereocenters. The second-order valence-corrected chi connectivity index (χ2v) is 8.80. The van der Waals surface area contributed by atoms with Crippen LogP contribution in [0.5, 0.6) is 5.75 Å². The fourth-order valence-corrected chi connectivity index (χ4v) is 4.60. The summed E-state index contributed by atoms with van der Waals surface area (Å²) < 4.78 is 8.41. The largest absolute Gasteiger partial charge is 0.496 e. The van der Waals surface area contributed by atoms with Crippen molar-refractivity contribution in [3.8, 4) is 11.4 Å². The van der Waals surface area contributed by atoms with Gasteiger partial charge in [0, 0.05) is 25.6 Å². The van der Waals surface area contributed by atoms with Crippen LogP contribution in [0.25, 0.3) is 11.8 Å². The van der Waals surface area contributed by atoms with E-state index in [1.807, 2.05) is 24.3 Å². The van der Waals surface area contributed by atoms with E-state index in [0.717, 1.165) is 16.7 Å². The Labute approximate surface area is 206 Å². The molecule has 4 rings (SSSR count). The first-order valence-corrected chi connectivity index (χ1v) is 11.7. The number of hydrogen-bond donors (Lipinski definition) is 1. The van der Waals surface area contributed by atoms with Crippen LogP contribution in [0.4, 0.5) is 10.5 Å². The predicted octanol–water partition coefficient (Wildman–Crippen LogP) is 3.56. The number of benzene rings is 2. The van der Waals surface area contributed by atoms with Gasteiger partial charge in [0.05, 0.1) is 23.4 Å². The SMILES string of the molecule is COc1ccccc1/C=C1\SC(=O)N(CCC(=O)Nc2c(C)n(C)n(-c3ccccc3)c2=O)C1=O. The van der Waals surface area contributed by atoms with Crippen LogP contribution in [0, 0.1) is 6.92 Å². The Morgan fingerprint density at radius 3 is 2.46 bits per heavy atom. The van der Waals surface area contributed by atoms with Gasteiger partial charge in [-0.25, -0.2) is 4.68 Å². The van der Waals surface area contributed by atoms with Gasteiger partial charge in [-0.1, -0.05) is 36.4 Å². The molecule has 3 aromatic rings. The number of hydrogen-bond acceptors (Lipinski definition) is 6. The summed E-state index contributed by atoms with van der Waals surface area (Å²) in [5, 5.41) is 2.20. The molecule has 0 spiro atoms. The van der Waals surface area contributed by atoms with Crippen molar-refractivity contribution in [2.45, 2.75) is 13.3 Å². The number of amides is 3. The van der Waals surface area contributed by atoms with E-state index in [1.54, 1.807) is 55.1 Å². The van der Waals surface area contributed by atoms with Crippen molar-refractivity contribution in [1.82, 2.24) is 14.3 Å². The molecule has 9 nitrogen and oxygen atoms in total. The molecule has 1 saturated heterocycles. The van der Waals surface area contributed by atoms with Gasteiger partial charge in [0.25, 0.3) is 16.7 Å². The van der Waals surface area contributed by atoms with Crippen molar-refractivity contribution < 1.29 is 19.1 Å². The molecule has 1 aliphatic rings. The quantitative estimate of drug-likeness (QED) is 0.506. The summed E-state index contributed by atoms with van der Waals surface area (Å²) in [5.41, 5.74) is 1.72. The van der Waals surface area contributed by atoms with Gasteiger partial charge in [-0.2, -0.15) is 0 Å². The molecule has 0 saturated carbocycles. The fraction of sp³-hybridized carbons (Fsp3) is 0.200. The number of anilines is 1. The highest BCUT2D eigenvalue weighted by Gasteiger charge is 2.35. The first-order chi connectivity index (χ1) is 16.8. The fourth-order valence-electron chi connectivity index (χ4n) is 3.75. The first-order valence-electron chi connectivity index (χ1n) is 10.8. The first kappa shape index (κ1) is 24.1. The minimum Gasteiger partial charge on any atom is -0.496 e. The molecule has 0 bridgehead atoms. The van der Waals surface area contributed by atoms with E-state index in [9.17, 15) is 19.2 Å². The van der Waals surface area contributed by atoms with Crippen LogP contribution in [-0.4, -0.2) is 45.0 Å². The second kappa shape index (κ2) is 10.1. The topological polar surface area (TPSA) is 103 Å². The Bertz CT molecular complexity index is 1390. The van der Waals surface area contributed by atoms with E-state index in [4.69, 9.17) is 4.74 Å². The standard InChI is InChI=1S/C25H24N4O5S/c1-16-22(24(32)29(27(16)2)18-10-5-4-6-11-18)26-21(30)13-14-28-23(31)20(35-25(28)33)15-17-9-7-8-12-19(17)34-3/h4-12,15H,13-14H2,1-3H3,(H,26,30)/b20-15-. The lowest BCUT2D eigenvalue weighted by Gasteiger charge is -2.12. The zero-order chi connectivity index (χ0) is 25.1. The van der Waals surface area contributed by atoms with Crippen LogP contribution < -0.4 is 15.6 Å². The Balaban J connectivity index is 1.45. The van der Waals surface area contributed by atoms with Gasteiger partial charge in [-0.05, 0) is 43.0 Å². The van der Waals surface area contributed by atoms with Gasteiger partial charge in [0.15, 0.2) is 0 Å². The summed E-state index contributed by atoms with van der Waals surface area (Å²) in [5.74, 6) is -0.358. The molecule has 0 radical (unpaired) electrons. The summed E-state index contributed by atoms with van der Waals surface area (Å²) in [7, 11) is 3.26. The van der Waals surface area contributed by atoms with E-state index >= 15 is 0 Å². The highest BCUT2D eigenvalue weighted by Crippen LogP contribution is 2.34. The van der Waals surface area contributed by atoms with Gasteiger partial charge in [-0.15, -0.1) is 0 Å². The summed E-state index contributed by atoms with van der Waals surface area (Å²) in [4.78, 5) is 52.1. The smallest absolute Gasteiger partial charge is 0.295 e. The Morgan fingerprint density at radius 2 is 1.74 bits per heavy atom. The zero-order valence-corrected chi connectivity index (χ0v) is 20.3. The highest BCUT2D eigenvalue weighted by atomic mass is 32.2. The van der Waals surface area contributed by atoms with Crippen LogP contribution in [0.1, 0.15) is 17.7 Å². The molecular weight excluding hydrogens is 468 g/mol. The molecule has 180 valence electrons. The maximum Gasteiger partial charge on any atom is 0.295 e. The van der Waals surface area contributed by atoms with Crippen LogP contribution in [-0.2, 0) is 16.6 Å².